The first-order valence-corrected chi connectivity index (χ1v) is 9.62. The maximum Gasteiger partial charge on any atom is 0.330 e. The molecular weight excluding hydrogens is 400 g/mol. The van der Waals surface area contributed by atoms with Gasteiger partial charge in [-0.05, 0) is 17.7 Å². The lowest BCUT2D eigenvalue weighted by molar-refractivity contribution is -0.123. The van der Waals surface area contributed by atoms with E-state index in [0.717, 1.165) is 5.56 Å². The van der Waals surface area contributed by atoms with E-state index >= 15 is 0 Å². The summed E-state index contributed by atoms with van der Waals surface area (Å²) in [6, 6.07) is 15.9. The van der Waals surface area contributed by atoms with Crippen LogP contribution in [0, 0.1) is 0 Å². The predicted molar refractivity (Wildman–Crippen MR) is 114 cm³/mol. The fourth-order valence-electron chi connectivity index (χ4n) is 3.62. The average Bonchev–Trinajstić information content (AvgIpc) is 2.77. The Labute approximate surface area is 176 Å². The van der Waals surface area contributed by atoms with Gasteiger partial charge in [-0.1, -0.05) is 42.5 Å². The van der Waals surface area contributed by atoms with E-state index in [9.17, 15) is 19.2 Å². The summed E-state index contributed by atoms with van der Waals surface area (Å²) in [7, 11) is 1.47. The zero-order valence-electron chi connectivity index (χ0n) is 16.7. The molecule has 2 heterocycles. The van der Waals surface area contributed by atoms with Crippen LogP contribution in [0.15, 0.2) is 64.2 Å². The van der Waals surface area contributed by atoms with E-state index in [-0.39, 0.29) is 24.3 Å². The minimum atomic E-state index is -1.07. The zero-order chi connectivity index (χ0) is 22.0. The van der Waals surface area contributed by atoms with Crippen molar-refractivity contribution in [3.8, 4) is 5.75 Å². The number of amides is 2. The summed E-state index contributed by atoms with van der Waals surface area (Å²) in [5.41, 5.74) is -0.115. The smallest absolute Gasteiger partial charge is 0.330 e. The van der Waals surface area contributed by atoms with Gasteiger partial charge in [-0.15, -0.1) is 0 Å². The summed E-state index contributed by atoms with van der Waals surface area (Å²) in [4.78, 5) is 52.9. The van der Waals surface area contributed by atoms with E-state index in [2.05, 4.69) is 15.6 Å². The zero-order valence-corrected chi connectivity index (χ0v) is 16.7. The number of aromatic nitrogens is 2. The molecule has 1 aliphatic rings. The number of rotatable bonds is 5. The highest BCUT2D eigenvalue weighted by atomic mass is 16.5. The van der Waals surface area contributed by atoms with Crippen molar-refractivity contribution < 1.29 is 14.3 Å². The molecule has 0 aliphatic carbocycles. The second-order valence-corrected chi connectivity index (χ2v) is 7.09. The van der Waals surface area contributed by atoms with E-state index in [0.29, 0.717) is 11.4 Å². The van der Waals surface area contributed by atoms with Crippen LogP contribution in [0.4, 0.5) is 11.5 Å². The Morgan fingerprint density at radius 1 is 1.10 bits per heavy atom. The Hall–Kier alpha value is -4.14. The quantitative estimate of drug-likeness (QED) is 0.579. The van der Waals surface area contributed by atoms with Crippen LogP contribution in [0.2, 0.25) is 0 Å². The third-order valence-corrected chi connectivity index (χ3v) is 5.10. The molecule has 1 aromatic heterocycles. The number of fused-ring (bicyclic) bond motifs is 1. The Morgan fingerprint density at radius 2 is 1.81 bits per heavy atom. The Bertz CT molecular complexity index is 1260. The molecule has 4 rings (SSSR count). The molecule has 0 fully saturated rings. The van der Waals surface area contributed by atoms with Gasteiger partial charge >= 0.3 is 5.69 Å². The van der Waals surface area contributed by atoms with Gasteiger partial charge in [0.15, 0.2) is 0 Å². The summed E-state index contributed by atoms with van der Waals surface area (Å²) < 4.78 is 6.50. The fourth-order valence-corrected chi connectivity index (χ4v) is 3.62. The summed E-state index contributed by atoms with van der Waals surface area (Å²) >= 11 is 0. The number of aromatic amines is 1. The van der Waals surface area contributed by atoms with Crippen LogP contribution in [0.1, 0.15) is 23.5 Å². The number of methoxy groups -OCH3 is 1. The molecule has 1 unspecified atom stereocenters. The number of para-hydroxylation sites is 2. The molecule has 9 nitrogen and oxygen atoms in total. The fraction of sp³-hybridized carbons (Fsp3) is 0.182. The van der Waals surface area contributed by atoms with Crippen molar-refractivity contribution in [3.05, 3.63) is 86.6 Å². The topological polar surface area (TPSA) is 122 Å². The van der Waals surface area contributed by atoms with E-state index < -0.39 is 29.0 Å². The van der Waals surface area contributed by atoms with Crippen LogP contribution < -0.4 is 26.6 Å². The number of ether oxygens (including phenoxy) is 1. The first-order chi connectivity index (χ1) is 15.0. The number of hydrogen-bond donors (Lipinski definition) is 3. The lowest BCUT2D eigenvalue weighted by Crippen LogP contribution is -2.42. The van der Waals surface area contributed by atoms with Crippen LogP contribution in [0.5, 0.6) is 5.75 Å². The molecule has 9 heteroatoms. The number of H-pyrrole nitrogens is 1. The lowest BCUT2D eigenvalue weighted by Gasteiger charge is -2.26. The third-order valence-electron chi connectivity index (χ3n) is 5.10. The minimum absolute atomic E-state index is 0.0361. The molecular formula is C22H20N4O5. The molecule has 1 atom stereocenters. The van der Waals surface area contributed by atoms with Gasteiger partial charge in [-0.25, -0.2) is 4.79 Å². The molecule has 0 spiro atoms. The van der Waals surface area contributed by atoms with E-state index in [1.807, 2.05) is 30.3 Å². The molecule has 3 aromatic rings. The van der Waals surface area contributed by atoms with Crippen molar-refractivity contribution in [2.24, 2.45) is 0 Å². The molecule has 1 aliphatic heterocycles. The predicted octanol–water partition coefficient (Wildman–Crippen LogP) is 1.66. The summed E-state index contributed by atoms with van der Waals surface area (Å²) in [6.45, 7) is 0.125. The molecule has 2 amide bonds. The Morgan fingerprint density at radius 3 is 2.55 bits per heavy atom. The van der Waals surface area contributed by atoms with Crippen molar-refractivity contribution in [3.63, 3.8) is 0 Å². The second kappa shape index (κ2) is 8.31. The summed E-state index contributed by atoms with van der Waals surface area (Å²) in [5.74, 6) is -1.59. The molecule has 3 N–H and O–H groups in total. The van der Waals surface area contributed by atoms with Gasteiger partial charge in [0.05, 0.1) is 30.8 Å². The minimum Gasteiger partial charge on any atom is -0.495 e. The average molecular weight is 420 g/mol. The highest BCUT2D eigenvalue weighted by Crippen LogP contribution is 2.31. The third kappa shape index (κ3) is 3.97. The van der Waals surface area contributed by atoms with E-state index in [4.69, 9.17) is 4.74 Å². The molecule has 2 aromatic carbocycles. The van der Waals surface area contributed by atoms with Crippen LogP contribution in [0.25, 0.3) is 0 Å². The monoisotopic (exact) mass is 420 g/mol. The van der Waals surface area contributed by atoms with E-state index in [1.54, 1.807) is 24.3 Å². The Kier molecular flexibility index (Phi) is 5.40. The maximum absolute atomic E-state index is 13.1. The van der Waals surface area contributed by atoms with Gasteiger partial charge in [0.1, 0.15) is 11.6 Å². The van der Waals surface area contributed by atoms with Crippen molar-refractivity contribution in [1.82, 2.24) is 9.55 Å². The number of nitrogens with zero attached hydrogens (tertiary/aromatic N) is 1. The highest BCUT2D eigenvalue weighted by Gasteiger charge is 2.36. The van der Waals surface area contributed by atoms with Gasteiger partial charge in [-0.2, -0.15) is 0 Å². The standard InChI is InChI=1S/C22H20N4O5/c1-31-16-10-6-5-9-15(16)23-20(28)14-11-17(27)24-19-18(14)21(29)25-22(30)26(19)12-13-7-3-2-4-8-13/h2-10,14H,11-12H2,1H3,(H,23,28)(H,24,27)(H,25,29,30). The van der Waals surface area contributed by atoms with Crippen LogP contribution in [0.3, 0.4) is 0 Å². The van der Waals surface area contributed by atoms with Gasteiger partial charge in [-0.3, -0.25) is 23.9 Å². The number of hydrogen-bond acceptors (Lipinski definition) is 5. The van der Waals surface area contributed by atoms with Gasteiger partial charge in [0.2, 0.25) is 11.8 Å². The van der Waals surface area contributed by atoms with Gasteiger partial charge < -0.3 is 15.4 Å². The molecule has 31 heavy (non-hydrogen) atoms. The van der Waals surface area contributed by atoms with Crippen molar-refractivity contribution >= 4 is 23.3 Å². The van der Waals surface area contributed by atoms with Crippen molar-refractivity contribution in [1.29, 1.82) is 0 Å². The normalized spacial score (nSPS) is 15.0. The molecule has 0 radical (unpaired) electrons. The SMILES string of the molecule is COc1ccccc1NC(=O)C1CC(=O)Nc2c1c(=O)[nH]c(=O)n2Cc1ccccc1. The molecule has 0 saturated heterocycles. The Balaban J connectivity index is 1.76. The first-order valence-electron chi connectivity index (χ1n) is 9.62. The summed E-state index contributed by atoms with van der Waals surface area (Å²) in [5, 5.41) is 5.32. The second-order valence-electron chi connectivity index (χ2n) is 7.09. The first kappa shape index (κ1) is 20.1. The molecule has 0 bridgehead atoms. The summed E-state index contributed by atoms with van der Waals surface area (Å²) in [6.07, 6.45) is -0.222. The number of carbonyl (C=O) groups is 2. The number of anilines is 2. The number of nitrogens with one attached hydrogen (secondary N) is 3. The number of carbonyl (C=O) groups excluding carboxylic acids is 2. The van der Waals surface area contributed by atoms with E-state index in [1.165, 1.54) is 11.7 Å². The van der Waals surface area contributed by atoms with Crippen LogP contribution >= 0.6 is 0 Å². The lowest BCUT2D eigenvalue weighted by atomic mass is 9.92. The van der Waals surface area contributed by atoms with Crippen LogP contribution in [-0.4, -0.2) is 28.5 Å². The maximum atomic E-state index is 13.1. The van der Waals surface area contributed by atoms with Crippen molar-refractivity contribution in [2.45, 2.75) is 18.9 Å². The molecule has 158 valence electrons. The van der Waals surface area contributed by atoms with Gasteiger partial charge in [0, 0.05) is 6.42 Å². The van der Waals surface area contributed by atoms with Crippen molar-refractivity contribution in [2.75, 3.05) is 17.7 Å². The van der Waals surface area contributed by atoms with Gasteiger partial charge in [0.25, 0.3) is 5.56 Å². The van der Waals surface area contributed by atoms with Crippen LogP contribution in [-0.2, 0) is 16.1 Å². The number of benzene rings is 2. The largest absolute Gasteiger partial charge is 0.495 e. The molecule has 0 saturated carbocycles. The highest BCUT2D eigenvalue weighted by molar-refractivity contribution is 6.04.